The molecule has 1 N–H and O–H groups in total. The molecular weight excluding hydrogens is 292 g/mol. The summed E-state index contributed by atoms with van der Waals surface area (Å²) in [6.07, 6.45) is 16.0. The van der Waals surface area contributed by atoms with Crippen LogP contribution in [-0.4, -0.2) is 5.11 Å². The molecule has 1 aromatic carbocycles. The lowest BCUT2D eigenvalue weighted by molar-refractivity contribution is 0.428. The molecule has 0 aliphatic heterocycles. The van der Waals surface area contributed by atoms with E-state index in [1.165, 1.54) is 69.8 Å². The highest BCUT2D eigenvalue weighted by Crippen LogP contribution is 2.34. The first-order valence-electron chi connectivity index (χ1n) is 10.3. The summed E-state index contributed by atoms with van der Waals surface area (Å²) in [5, 5.41) is 10.1. The minimum atomic E-state index is 0.0534. The molecule has 0 unspecified atom stereocenters. The highest BCUT2D eigenvalue weighted by atomic mass is 16.3. The van der Waals surface area contributed by atoms with Gasteiger partial charge in [0, 0.05) is 0 Å². The van der Waals surface area contributed by atoms with Crippen molar-refractivity contribution in [1.29, 1.82) is 0 Å². The second-order valence-electron chi connectivity index (χ2n) is 8.02. The van der Waals surface area contributed by atoms with Crippen LogP contribution in [0.3, 0.4) is 0 Å². The van der Waals surface area contributed by atoms with E-state index < -0.39 is 0 Å². The van der Waals surface area contributed by atoms with E-state index in [2.05, 4.69) is 39.8 Å². The monoisotopic (exact) mass is 332 g/mol. The highest BCUT2D eigenvalue weighted by Gasteiger charge is 2.21. The second kappa shape index (κ2) is 11.6. The number of hydrogen-bond donors (Lipinski definition) is 1. The largest absolute Gasteiger partial charge is 0.508 e. The van der Waals surface area contributed by atoms with Gasteiger partial charge in [-0.2, -0.15) is 0 Å². The van der Waals surface area contributed by atoms with Gasteiger partial charge >= 0.3 is 0 Å². The molecule has 0 aliphatic rings. The number of aryl methyl sites for hydroxylation is 1. The summed E-state index contributed by atoms with van der Waals surface area (Å²) < 4.78 is 0. The van der Waals surface area contributed by atoms with Crippen molar-refractivity contribution in [2.24, 2.45) is 0 Å². The Morgan fingerprint density at radius 2 is 1.33 bits per heavy atom. The second-order valence-corrected chi connectivity index (χ2v) is 8.02. The van der Waals surface area contributed by atoms with Gasteiger partial charge in [-0.05, 0) is 41.9 Å². The minimum absolute atomic E-state index is 0.0534. The molecule has 0 atom stereocenters. The molecule has 1 rings (SSSR count). The Morgan fingerprint density at radius 3 is 1.88 bits per heavy atom. The summed E-state index contributed by atoms with van der Waals surface area (Å²) in [6.45, 7) is 8.90. The van der Waals surface area contributed by atoms with Crippen molar-refractivity contribution in [3.8, 4) is 5.75 Å². The van der Waals surface area contributed by atoms with E-state index >= 15 is 0 Å². The number of unbranched alkanes of at least 4 members (excludes halogenated alkanes) is 9. The van der Waals surface area contributed by atoms with Gasteiger partial charge in [0.05, 0.1) is 0 Å². The van der Waals surface area contributed by atoms with Crippen molar-refractivity contribution in [2.75, 3.05) is 0 Å². The Hall–Kier alpha value is -0.980. The fourth-order valence-electron chi connectivity index (χ4n) is 3.29. The van der Waals surface area contributed by atoms with Crippen molar-refractivity contribution in [3.05, 3.63) is 29.3 Å². The van der Waals surface area contributed by atoms with Crippen molar-refractivity contribution in [3.63, 3.8) is 0 Å². The average molecular weight is 333 g/mol. The molecule has 0 amide bonds. The van der Waals surface area contributed by atoms with Crippen LogP contribution in [0.25, 0.3) is 0 Å². The molecule has 0 bridgehead atoms. The smallest absolute Gasteiger partial charge is 0.119 e. The first-order valence-corrected chi connectivity index (χ1v) is 10.3. The van der Waals surface area contributed by atoms with Gasteiger partial charge in [-0.3, -0.25) is 0 Å². The molecule has 0 aromatic heterocycles. The SMILES string of the molecule is CCCCCCCCCCCCc1ccc(O)c(C(C)(C)CC)c1. The van der Waals surface area contributed by atoms with Crippen LogP contribution >= 0.6 is 0 Å². The topological polar surface area (TPSA) is 20.2 Å². The van der Waals surface area contributed by atoms with Crippen LogP contribution in [-0.2, 0) is 11.8 Å². The average Bonchev–Trinajstić information content (AvgIpc) is 2.57. The fourth-order valence-corrected chi connectivity index (χ4v) is 3.29. The van der Waals surface area contributed by atoms with E-state index in [1.807, 2.05) is 6.07 Å². The van der Waals surface area contributed by atoms with Crippen molar-refractivity contribution in [2.45, 2.75) is 110 Å². The molecular formula is C23H40O. The highest BCUT2D eigenvalue weighted by molar-refractivity contribution is 5.41. The van der Waals surface area contributed by atoms with Crippen LogP contribution in [0.15, 0.2) is 18.2 Å². The Kier molecular flexibility index (Phi) is 10.1. The zero-order chi connectivity index (χ0) is 17.8. The summed E-state index contributed by atoms with van der Waals surface area (Å²) in [6, 6.07) is 6.21. The first kappa shape index (κ1) is 21.1. The summed E-state index contributed by atoms with van der Waals surface area (Å²) in [7, 11) is 0. The molecule has 138 valence electrons. The minimum Gasteiger partial charge on any atom is -0.508 e. The summed E-state index contributed by atoms with van der Waals surface area (Å²) >= 11 is 0. The Morgan fingerprint density at radius 1 is 0.792 bits per heavy atom. The van der Waals surface area contributed by atoms with Gasteiger partial charge in [0.25, 0.3) is 0 Å². The van der Waals surface area contributed by atoms with Crippen molar-refractivity contribution in [1.82, 2.24) is 0 Å². The number of phenolic OH excluding ortho intramolecular Hbond substituents is 1. The predicted molar refractivity (Wildman–Crippen MR) is 107 cm³/mol. The normalized spacial score (nSPS) is 11.8. The predicted octanol–water partition coefficient (Wildman–Crippen LogP) is 7.54. The van der Waals surface area contributed by atoms with E-state index in [-0.39, 0.29) is 5.41 Å². The van der Waals surface area contributed by atoms with Crippen LogP contribution < -0.4 is 0 Å². The Labute approximate surface area is 150 Å². The van der Waals surface area contributed by atoms with Gasteiger partial charge in [-0.15, -0.1) is 0 Å². The van der Waals surface area contributed by atoms with E-state index in [1.54, 1.807) is 0 Å². The number of benzene rings is 1. The number of hydrogen-bond acceptors (Lipinski definition) is 1. The first-order chi connectivity index (χ1) is 11.5. The third kappa shape index (κ3) is 7.73. The zero-order valence-corrected chi connectivity index (χ0v) is 16.7. The van der Waals surface area contributed by atoms with Gasteiger partial charge in [-0.1, -0.05) is 97.6 Å². The molecule has 0 saturated carbocycles. The molecule has 0 spiro atoms. The van der Waals surface area contributed by atoms with Gasteiger partial charge in [0.2, 0.25) is 0 Å². The maximum absolute atomic E-state index is 10.1. The van der Waals surface area contributed by atoms with E-state index in [4.69, 9.17) is 0 Å². The fraction of sp³-hybridized carbons (Fsp3) is 0.739. The summed E-state index contributed by atoms with van der Waals surface area (Å²) in [5.41, 5.74) is 2.54. The number of rotatable bonds is 13. The molecule has 0 heterocycles. The third-order valence-corrected chi connectivity index (χ3v) is 5.49. The molecule has 1 aromatic rings. The van der Waals surface area contributed by atoms with Crippen molar-refractivity contribution >= 4 is 0 Å². The Bertz CT molecular complexity index is 447. The van der Waals surface area contributed by atoms with Crippen molar-refractivity contribution < 1.29 is 5.11 Å². The maximum Gasteiger partial charge on any atom is 0.119 e. The molecule has 1 heteroatoms. The zero-order valence-electron chi connectivity index (χ0n) is 16.7. The van der Waals surface area contributed by atoms with Crippen LogP contribution in [0, 0.1) is 0 Å². The lowest BCUT2D eigenvalue weighted by Gasteiger charge is -2.25. The molecule has 1 nitrogen and oxygen atoms in total. The van der Waals surface area contributed by atoms with Crippen LogP contribution in [0.5, 0.6) is 5.75 Å². The molecule has 0 radical (unpaired) electrons. The van der Waals surface area contributed by atoms with Gasteiger partial charge in [0.1, 0.15) is 5.75 Å². The summed E-state index contributed by atoms with van der Waals surface area (Å²) in [5.74, 6) is 0.452. The van der Waals surface area contributed by atoms with Crippen LogP contribution in [0.2, 0.25) is 0 Å². The molecule has 0 fully saturated rings. The van der Waals surface area contributed by atoms with E-state index in [0.717, 1.165) is 18.4 Å². The van der Waals surface area contributed by atoms with Gasteiger partial charge in [0.15, 0.2) is 0 Å². The lowest BCUT2D eigenvalue weighted by Crippen LogP contribution is -2.16. The Balaban J connectivity index is 2.23. The van der Waals surface area contributed by atoms with E-state index in [9.17, 15) is 5.11 Å². The number of aromatic hydroxyl groups is 1. The standard InChI is InChI=1S/C23H40O/c1-5-7-8-9-10-11-12-13-14-15-16-20-17-18-22(24)21(19-20)23(3,4)6-2/h17-19,24H,5-16H2,1-4H3. The van der Waals surface area contributed by atoms with Crippen LogP contribution in [0.1, 0.15) is 109 Å². The maximum atomic E-state index is 10.1. The van der Waals surface area contributed by atoms with Gasteiger partial charge in [-0.25, -0.2) is 0 Å². The third-order valence-electron chi connectivity index (χ3n) is 5.49. The molecule has 0 aliphatic carbocycles. The summed E-state index contributed by atoms with van der Waals surface area (Å²) in [4.78, 5) is 0. The van der Waals surface area contributed by atoms with E-state index in [0.29, 0.717) is 5.75 Å². The quantitative estimate of drug-likeness (QED) is 0.370. The molecule has 0 saturated heterocycles. The number of phenols is 1. The molecule has 24 heavy (non-hydrogen) atoms. The van der Waals surface area contributed by atoms with Crippen LogP contribution in [0.4, 0.5) is 0 Å². The lowest BCUT2D eigenvalue weighted by atomic mass is 9.80. The van der Waals surface area contributed by atoms with Gasteiger partial charge < -0.3 is 5.11 Å².